The number of nitrogens with one attached hydrogen (secondary N) is 2. The molecule has 0 atom stereocenters. The van der Waals surface area contributed by atoms with Crippen LogP contribution in [0.3, 0.4) is 0 Å². The lowest BCUT2D eigenvalue weighted by Crippen LogP contribution is -2.27. The largest absolute Gasteiger partial charge is 0.382 e. The molecule has 1 aliphatic heterocycles. The number of anilines is 3. The van der Waals surface area contributed by atoms with Gasteiger partial charge in [-0.15, -0.1) is 11.3 Å². The predicted molar refractivity (Wildman–Crippen MR) is 94.6 cm³/mol. The van der Waals surface area contributed by atoms with E-state index in [0.717, 1.165) is 48.8 Å². The topological polar surface area (TPSA) is 59.1 Å². The molecule has 0 unspecified atom stereocenters. The zero-order chi connectivity index (χ0) is 15.5. The van der Waals surface area contributed by atoms with Gasteiger partial charge in [0.15, 0.2) is 0 Å². The molecule has 1 fully saturated rings. The molecule has 0 spiro atoms. The van der Waals surface area contributed by atoms with Crippen LogP contribution >= 0.6 is 11.3 Å². The second-order valence-corrected chi connectivity index (χ2v) is 6.51. The van der Waals surface area contributed by atoms with Crippen LogP contribution in [0.25, 0.3) is 10.2 Å². The summed E-state index contributed by atoms with van der Waals surface area (Å²) in [5.41, 5.74) is 5.01. The van der Waals surface area contributed by atoms with Crippen LogP contribution in [0, 0.1) is 0 Å². The molecule has 0 saturated carbocycles. The first-order chi connectivity index (χ1) is 11.4. The Kier molecular flexibility index (Phi) is 4.08. The van der Waals surface area contributed by atoms with Gasteiger partial charge in [-0.05, 0) is 37.1 Å². The Hall–Kier alpha value is -2.18. The van der Waals surface area contributed by atoms with Gasteiger partial charge in [0.2, 0.25) is 0 Å². The predicted octanol–water partition coefficient (Wildman–Crippen LogP) is 4.03. The summed E-state index contributed by atoms with van der Waals surface area (Å²) in [4.78, 5) is 8.71. The van der Waals surface area contributed by atoms with Gasteiger partial charge in [-0.25, -0.2) is 9.97 Å². The van der Waals surface area contributed by atoms with Crippen molar-refractivity contribution in [3.05, 3.63) is 42.0 Å². The smallest absolute Gasteiger partial charge is 0.132 e. The number of thiazole rings is 1. The average Bonchev–Trinajstić information content (AvgIpc) is 3.04. The minimum atomic E-state index is 0.479. The third-order valence-corrected chi connectivity index (χ3v) is 4.75. The Morgan fingerprint density at radius 2 is 1.96 bits per heavy atom. The molecule has 1 saturated heterocycles. The minimum absolute atomic E-state index is 0.479. The van der Waals surface area contributed by atoms with Crippen molar-refractivity contribution in [3.63, 3.8) is 0 Å². The number of rotatable bonds is 4. The van der Waals surface area contributed by atoms with E-state index in [1.54, 1.807) is 11.3 Å². The number of benzene rings is 1. The van der Waals surface area contributed by atoms with Crippen molar-refractivity contribution in [3.8, 4) is 0 Å². The van der Waals surface area contributed by atoms with Crippen LogP contribution in [0.1, 0.15) is 12.8 Å². The van der Waals surface area contributed by atoms with Gasteiger partial charge in [-0.1, -0.05) is 0 Å². The van der Waals surface area contributed by atoms with Crippen molar-refractivity contribution in [1.82, 2.24) is 9.97 Å². The molecular formula is C17H18N4OS. The summed E-state index contributed by atoms with van der Waals surface area (Å²) < 4.78 is 6.57. The third-order valence-electron chi connectivity index (χ3n) is 3.96. The molecule has 2 aromatic heterocycles. The van der Waals surface area contributed by atoms with Crippen LogP contribution in [0.5, 0.6) is 0 Å². The van der Waals surface area contributed by atoms with Gasteiger partial charge >= 0.3 is 0 Å². The SMILES string of the molecule is c1cc(NC2CCOCC2)cc(Nc2ccc3ncsc3c2)n1. The summed E-state index contributed by atoms with van der Waals surface area (Å²) in [5.74, 6) is 0.839. The first-order valence-corrected chi connectivity index (χ1v) is 8.65. The number of pyridine rings is 1. The lowest BCUT2D eigenvalue weighted by Gasteiger charge is -2.24. The number of aromatic nitrogens is 2. The van der Waals surface area contributed by atoms with Gasteiger partial charge in [0.25, 0.3) is 0 Å². The average molecular weight is 326 g/mol. The lowest BCUT2D eigenvalue weighted by molar-refractivity contribution is 0.0904. The van der Waals surface area contributed by atoms with Gasteiger partial charge in [-0.3, -0.25) is 0 Å². The number of nitrogens with zero attached hydrogens (tertiary/aromatic N) is 2. The standard InChI is InChI=1S/C17H18N4OS/c1-2-15-16(23-11-19-15)9-13(1)21-17-10-14(3-6-18-17)20-12-4-7-22-8-5-12/h1-3,6,9-12H,4-5,7-8H2,(H2,18,20,21). The molecule has 1 aromatic carbocycles. The van der Waals surface area contributed by atoms with Gasteiger partial charge in [-0.2, -0.15) is 0 Å². The monoisotopic (exact) mass is 326 g/mol. The first-order valence-electron chi connectivity index (χ1n) is 7.77. The second kappa shape index (κ2) is 6.52. The number of hydrogen-bond donors (Lipinski definition) is 2. The lowest BCUT2D eigenvalue weighted by atomic mass is 10.1. The Morgan fingerprint density at radius 3 is 2.87 bits per heavy atom. The molecule has 3 heterocycles. The van der Waals surface area contributed by atoms with Gasteiger partial charge in [0.05, 0.1) is 15.7 Å². The van der Waals surface area contributed by atoms with Crippen LogP contribution in [-0.2, 0) is 4.74 Å². The van der Waals surface area contributed by atoms with Gasteiger partial charge in [0, 0.05) is 42.9 Å². The van der Waals surface area contributed by atoms with Gasteiger partial charge in [0.1, 0.15) is 5.82 Å². The molecule has 0 bridgehead atoms. The quantitative estimate of drug-likeness (QED) is 0.758. The van der Waals surface area contributed by atoms with Crippen LogP contribution in [0.4, 0.5) is 17.2 Å². The normalized spacial score (nSPS) is 15.7. The highest BCUT2D eigenvalue weighted by atomic mass is 32.1. The molecule has 0 aliphatic carbocycles. The molecule has 0 radical (unpaired) electrons. The molecule has 6 heteroatoms. The highest BCUT2D eigenvalue weighted by Crippen LogP contribution is 2.25. The van der Waals surface area contributed by atoms with Crippen LogP contribution in [0.15, 0.2) is 42.0 Å². The van der Waals surface area contributed by atoms with E-state index in [0.29, 0.717) is 6.04 Å². The van der Waals surface area contributed by atoms with Gasteiger partial charge < -0.3 is 15.4 Å². The van der Waals surface area contributed by atoms with E-state index < -0.39 is 0 Å². The van der Waals surface area contributed by atoms with Crippen LogP contribution in [0.2, 0.25) is 0 Å². The maximum absolute atomic E-state index is 5.40. The fourth-order valence-corrected chi connectivity index (χ4v) is 3.46. The van der Waals surface area contributed by atoms with E-state index in [-0.39, 0.29) is 0 Å². The molecule has 118 valence electrons. The van der Waals surface area contributed by atoms with E-state index in [2.05, 4.69) is 26.7 Å². The maximum atomic E-state index is 5.40. The summed E-state index contributed by atoms with van der Waals surface area (Å²) >= 11 is 1.64. The zero-order valence-corrected chi connectivity index (χ0v) is 13.5. The first kappa shape index (κ1) is 14.4. The van der Waals surface area contributed by atoms with Crippen LogP contribution in [-0.4, -0.2) is 29.2 Å². The molecule has 4 rings (SSSR count). The summed E-state index contributed by atoms with van der Waals surface area (Å²) in [6, 6.07) is 10.7. The van der Waals surface area contributed by atoms with E-state index in [4.69, 9.17) is 4.74 Å². The second-order valence-electron chi connectivity index (χ2n) is 5.62. The van der Waals surface area contributed by atoms with E-state index in [1.807, 2.05) is 36.0 Å². The summed E-state index contributed by atoms with van der Waals surface area (Å²) in [7, 11) is 0. The maximum Gasteiger partial charge on any atom is 0.132 e. The van der Waals surface area contributed by atoms with Crippen molar-refractivity contribution in [2.45, 2.75) is 18.9 Å². The van der Waals surface area contributed by atoms with E-state index in [1.165, 1.54) is 4.70 Å². The van der Waals surface area contributed by atoms with E-state index >= 15 is 0 Å². The fourth-order valence-electron chi connectivity index (χ4n) is 2.75. The molecule has 2 N–H and O–H groups in total. The van der Waals surface area contributed by atoms with Crippen molar-refractivity contribution in [2.75, 3.05) is 23.8 Å². The number of fused-ring (bicyclic) bond motifs is 1. The van der Waals surface area contributed by atoms with Crippen LogP contribution < -0.4 is 10.6 Å². The highest BCUT2D eigenvalue weighted by Gasteiger charge is 2.13. The Balaban J connectivity index is 1.48. The summed E-state index contributed by atoms with van der Waals surface area (Å²) in [5, 5.41) is 6.93. The zero-order valence-electron chi connectivity index (χ0n) is 12.7. The minimum Gasteiger partial charge on any atom is -0.382 e. The summed E-state index contributed by atoms with van der Waals surface area (Å²) in [6.07, 6.45) is 3.93. The van der Waals surface area contributed by atoms with Crippen molar-refractivity contribution in [2.24, 2.45) is 0 Å². The Bertz CT molecular complexity index is 798. The van der Waals surface area contributed by atoms with Crippen molar-refractivity contribution >= 4 is 38.7 Å². The van der Waals surface area contributed by atoms with Crippen molar-refractivity contribution in [1.29, 1.82) is 0 Å². The molecule has 23 heavy (non-hydrogen) atoms. The highest BCUT2D eigenvalue weighted by molar-refractivity contribution is 7.16. The molecule has 5 nitrogen and oxygen atoms in total. The molecule has 0 amide bonds. The number of ether oxygens (including phenoxy) is 1. The van der Waals surface area contributed by atoms with E-state index in [9.17, 15) is 0 Å². The molecule has 3 aromatic rings. The van der Waals surface area contributed by atoms with Crippen molar-refractivity contribution < 1.29 is 4.74 Å². The summed E-state index contributed by atoms with van der Waals surface area (Å²) in [6.45, 7) is 1.67. The number of hydrogen-bond acceptors (Lipinski definition) is 6. The Morgan fingerprint density at radius 1 is 1.04 bits per heavy atom. The third kappa shape index (κ3) is 3.43. The fraction of sp³-hybridized carbons (Fsp3) is 0.294. The molecule has 1 aliphatic rings. The Labute approximate surface area is 138 Å². The molecular weight excluding hydrogens is 308 g/mol.